The lowest BCUT2D eigenvalue weighted by Gasteiger charge is -2.22. The molecule has 0 aromatic rings. The van der Waals surface area contributed by atoms with Crippen LogP contribution in [0.1, 0.15) is 25.7 Å². The van der Waals surface area contributed by atoms with Crippen LogP contribution in [-0.2, 0) is 20.6 Å². The minimum absolute atomic E-state index is 0.0954. The maximum absolute atomic E-state index is 10.4. The maximum atomic E-state index is 10.4. The molecule has 14 heavy (non-hydrogen) atoms. The van der Waals surface area contributed by atoms with E-state index in [9.17, 15) is 16.8 Å². The third-order valence-corrected chi connectivity index (χ3v) is 3.64. The summed E-state index contributed by atoms with van der Waals surface area (Å²) in [6.07, 6.45) is 3.03. The van der Waals surface area contributed by atoms with E-state index in [4.69, 9.17) is 0 Å². The fourth-order valence-electron chi connectivity index (χ4n) is 1.73. The van der Waals surface area contributed by atoms with Gasteiger partial charge in [0.2, 0.25) is 20.6 Å². The average molecular weight is 236 g/mol. The Kier molecular flexibility index (Phi) is 4.34. The first-order valence-corrected chi connectivity index (χ1v) is 6.71. The Labute approximate surface area is 86.0 Å². The Morgan fingerprint density at radius 2 is 1.00 bits per heavy atom. The molecule has 0 amide bonds. The van der Waals surface area contributed by atoms with Crippen molar-refractivity contribution in [2.24, 2.45) is 11.8 Å². The van der Waals surface area contributed by atoms with E-state index in [1.807, 2.05) is 0 Å². The van der Waals surface area contributed by atoms with Crippen molar-refractivity contribution in [2.45, 2.75) is 25.7 Å². The van der Waals surface area contributed by atoms with Gasteiger partial charge < -0.3 is 0 Å². The summed E-state index contributed by atoms with van der Waals surface area (Å²) in [5.41, 5.74) is 0. The molecular formula is C8H12O4S2. The first kappa shape index (κ1) is 11.5. The molecule has 1 aliphatic rings. The van der Waals surface area contributed by atoms with Crippen LogP contribution in [0.3, 0.4) is 0 Å². The van der Waals surface area contributed by atoms with Gasteiger partial charge in [0.15, 0.2) is 0 Å². The monoisotopic (exact) mass is 236 g/mol. The molecule has 6 heteroatoms. The summed E-state index contributed by atoms with van der Waals surface area (Å²) in [6.45, 7) is 0. The largest absolute Gasteiger partial charge is 0.210 e. The minimum atomic E-state index is -2.09. The van der Waals surface area contributed by atoms with E-state index in [1.165, 1.54) is 10.7 Å². The highest BCUT2D eigenvalue weighted by Crippen LogP contribution is 2.26. The lowest BCUT2D eigenvalue weighted by atomic mass is 9.84. The van der Waals surface area contributed by atoms with Crippen molar-refractivity contribution in [1.29, 1.82) is 0 Å². The molecule has 0 aromatic carbocycles. The van der Waals surface area contributed by atoms with Gasteiger partial charge in [0.05, 0.1) is 0 Å². The SMILES string of the molecule is O=S(=O)=CC1CCC(C=S(=O)=O)CC1. The molecule has 0 heterocycles. The Morgan fingerprint density at radius 3 is 1.21 bits per heavy atom. The minimum Gasteiger partial charge on any atom is -0.185 e. The summed E-state index contributed by atoms with van der Waals surface area (Å²) < 4.78 is 41.5. The smallest absolute Gasteiger partial charge is 0.185 e. The molecule has 1 fully saturated rings. The molecule has 0 aliphatic heterocycles. The van der Waals surface area contributed by atoms with Gasteiger partial charge in [0.25, 0.3) is 0 Å². The third kappa shape index (κ3) is 4.06. The standard InChI is InChI=1S/C8H12O4S2/c9-13(10)5-7-1-2-8(4-3-7)6-14(11)12/h5-8H,1-4H2. The van der Waals surface area contributed by atoms with Crippen molar-refractivity contribution in [2.75, 3.05) is 0 Å². The second kappa shape index (κ2) is 5.31. The Balaban J connectivity index is 2.55. The Bertz CT molecular complexity index is 376. The van der Waals surface area contributed by atoms with Crippen molar-refractivity contribution in [3.63, 3.8) is 0 Å². The van der Waals surface area contributed by atoms with E-state index in [1.54, 1.807) is 0 Å². The van der Waals surface area contributed by atoms with Crippen molar-refractivity contribution in [3.8, 4) is 0 Å². The molecule has 1 rings (SSSR count). The van der Waals surface area contributed by atoms with Gasteiger partial charge in [-0.2, -0.15) is 16.8 Å². The number of hydrogen-bond donors (Lipinski definition) is 0. The summed E-state index contributed by atoms with van der Waals surface area (Å²) in [5, 5.41) is 2.62. The predicted molar refractivity (Wildman–Crippen MR) is 55.4 cm³/mol. The molecule has 1 aliphatic carbocycles. The fourth-order valence-corrected chi connectivity index (χ4v) is 2.90. The zero-order valence-electron chi connectivity index (χ0n) is 7.59. The van der Waals surface area contributed by atoms with Crippen LogP contribution >= 0.6 is 0 Å². The summed E-state index contributed by atoms with van der Waals surface area (Å²) >= 11 is 0. The average Bonchev–Trinajstić information content (AvgIpc) is 2.06. The molecule has 1 saturated carbocycles. The van der Waals surface area contributed by atoms with Gasteiger partial charge >= 0.3 is 0 Å². The zero-order valence-corrected chi connectivity index (χ0v) is 9.22. The molecular weight excluding hydrogens is 224 g/mol. The van der Waals surface area contributed by atoms with Crippen LogP contribution in [0.2, 0.25) is 0 Å². The number of rotatable bonds is 2. The molecule has 0 radical (unpaired) electrons. The first-order chi connectivity index (χ1) is 6.58. The van der Waals surface area contributed by atoms with Gasteiger partial charge in [0, 0.05) is 10.7 Å². The van der Waals surface area contributed by atoms with Gasteiger partial charge in [-0.05, 0) is 37.5 Å². The molecule has 80 valence electrons. The fraction of sp³-hybridized carbons (Fsp3) is 0.750. The van der Waals surface area contributed by atoms with E-state index < -0.39 is 20.6 Å². The van der Waals surface area contributed by atoms with Gasteiger partial charge in [-0.1, -0.05) is 0 Å². The van der Waals surface area contributed by atoms with Crippen LogP contribution < -0.4 is 0 Å². The molecule has 0 N–H and O–H groups in total. The van der Waals surface area contributed by atoms with Crippen LogP contribution in [-0.4, -0.2) is 27.6 Å². The maximum Gasteiger partial charge on any atom is 0.210 e. The summed E-state index contributed by atoms with van der Waals surface area (Å²) in [6, 6.07) is 0. The summed E-state index contributed by atoms with van der Waals surface area (Å²) in [4.78, 5) is 0. The van der Waals surface area contributed by atoms with Crippen LogP contribution in [0.4, 0.5) is 0 Å². The molecule has 0 aromatic heterocycles. The summed E-state index contributed by atoms with van der Waals surface area (Å²) in [5.74, 6) is 0.191. The van der Waals surface area contributed by atoms with Crippen LogP contribution in [0.15, 0.2) is 0 Å². The highest BCUT2D eigenvalue weighted by molar-refractivity contribution is 7.71. The van der Waals surface area contributed by atoms with E-state index >= 15 is 0 Å². The van der Waals surface area contributed by atoms with Crippen molar-refractivity contribution < 1.29 is 16.8 Å². The van der Waals surface area contributed by atoms with Crippen LogP contribution in [0.5, 0.6) is 0 Å². The predicted octanol–water partition coefficient (Wildman–Crippen LogP) is 0.155. The molecule has 0 spiro atoms. The van der Waals surface area contributed by atoms with Gasteiger partial charge in [0.1, 0.15) is 0 Å². The topological polar surface area (TPSA) is 68.3 Å². The molecule has 0 saturated heterocycles. The molecule has 0 unspecified atom stereocenters. The normalized spacial score (nSPS) is 26.6. The Morgan fingerprint density at radius 1 is 0.714 bits per heavy atom. The highest BCUT2D eigenvalue weighted by Gasteiger charge is 2.18. The summed E-state index contributed by atoms with van der Waals surface area (Å²) in [7, 11) is -4.18. The van der Waals surface area contributed by atoms with Crippen molar-refractivity contribution in [1.82, 2.24) is 0 Å². The second-order valence-electron chi connectivity index (χ2n) is 3.47. The molecule has 0 atom stereocenters. The van der Waals surface area contributed by atoms with Gasteiger partial charge in [-0.25, -0.2) is 0 Å². The van der Waals surface area contributed by atoms with Gasteiger partial charge in [-0.3, -0.25) is 0 Å². The molecule has 0 bridgehead atoms. The van der Waals surface area contributed by atoms with E-state index in [-0.39, 0.29) is 11.8 Å². The van der Waals surface area contributed by atoms with Gasteiger partial charge in [-0.15, -0.1) is 0 Å². The third-order valence-electron chi connectivity index (χ3n) is 2.42. The zero-order chi connectivity index (χ0) is 10.6. The highest BCUT2D eigenvalue weighted by atomic mass is 32.2. The second-order valence-corrected chi connectivity index (χ2v) is 5.05. The molecule has 4 nitrogen and oxygen atoms in total. The quantitative estimate of drug-likeness (QED) is 0.640. The lowest BCUT2D eigenvalue weighted by molar-refractivity contribution is 0.400. The Hall–Kier alpha value is -0.620. The van der Waals surface area contributed by atoms with E-state index in [0.717, 1.165) is 25.7 Å². The lowest BCUT2D eigenvalue weighted by Crippen LogP contribution is -2.16. The van der Waals surface area contributed by atoms with Crippen LogP contribution in [0.25, 0.3) is 0 Å². The number of hydrogen-bond acceptors (Lipinski definition) is 4. The van der Waals surface area contributed by atoms with E-state index in [0.29, 0.717) is 0 Å². The van der Waals surface area contributed by atoms with Crippen molar-refractivity contribution in [3.05, 3.63) is 0 Å². The van der Waals surface area contributed by atoms with Crippen LogP contribution in [0, 0.1) is 11.8 Å². The van der Waals surface area contributed by atoms with E-state index in [2.05, 4.69) is 0 Å². The van der Waals surface area contributed by atoms with Crippen molar-refractivity contribution >= 4 is 31.3 Å². The first-order valence-electron chi connectivity index (χ1n) is 4.44.